The minimum absolute atomic E-state index is 0.160. The zero-order valence-electron chi connectivity index (χ0n) is 21.4. The summed E-state index contributed by atoms with van der Waals surface area (Å²) in [5, 5.41) is 15.0. The molecule has 4 aromatic rings. The van der Waals surface area contributed by atoms with Gasteiger partial charge in [-0.15, -0.1) is 0 Å². The molecular formula is C29H25F2N7O2. The fourth-order valence-electron chi connectivity index (χ4n) is 5.03. The lowest BCUT2D eigenvalue weighted by molar-refractivity contribution is -0.127. The van der Waals surface area contributed by atoms with Crippen LogP contribution in [0.2, 0.25) is 0 Å². The van der Waals surface area contributed by atoms with E-state index >= 15 is 0 Å². The molecule has 0 unspecified atom stereocenters. The van der Waals surface area contributed by atoms with Crippen molar-refractivity contribution in [3.05, 3.63) is 72.1 Å². The number of carbonyl (C=O) groups is 1. The molecule has 1 aliphatic carbocycles. The van der Waals surface area contributed by atoms with Crippen LogP contribution in [-0.2, 0) is 11.3 Å². The van der Waals surface area contributed by atoms with Crippen LogP contribution in [0.25, 0.3) is 22.3 Å². The van der Waals surface area contributed by atoms with E-state index in [1.807, 2.05) is 0 Å². The van der Waals surface area contributed by atoms with Crippen LogP contribution in [0.5, 0.6) is 11.5 Å². The number of anilines is 1. The number of hydrogen-bond acceptors (Lipinski definition) is 7. The van der Waals surface area contributed by atoms with Gasteiger partial charge in [-0.3, -0.25) is 4.79 Å². The zero-order chi connectivity index (χ0) is 27.8. The first kappa shape index (κ1) is 25.4. The van der Waals surface area contributed by atoms with Crippen molar-refractivity contribution in [1.29, 1.82) is 5.26 Å². The third-order valence-corrected chi connectivity index (χ3v) is 7.20. The van der Waals surface area contributed by atoms with E-state index in [9.17, 15) is 18.8 Å². The molecule has 40 heavy (non-hydrogen) atoms. The fraction of sp³-hybridized carbons (Fsp3) is 0.276. The van der Waals surface area contributed by atoms with Crippen LogP contribution in [0.15, 0.2) is 60.4 Å². The lowest BCUT2D eigenvalue weighted by Crippen LogP contribution is -2.39. The Bertz CT molecular complexity index is 1670. The van der Waals surface area contributed by atoms with E-state index in [1.165, 1.54) is 6.33 Å². The Kier molecular flexibility index (Phi) is 6.59. The lowest BCUT2D eigenvalue weighted by atomic mass is 10.1. The van der Waals surface area contributed by atoms with Crippen LogP contribution in [0.4, 0.5) is 14.6 Å². The largest absolute Gasteiger partial charge is 0.454 e. The molecule has 1 amide bonds. The third-order valence-electron chi connectivity index (χ3n) is 7.20. The fourth-order valence-corrected chi connectivity index (χ4v) is 5.03. The highest BCUT2D eigenvalue weighted by molar-refractivity contribution is 5.99. The van der Waals surface area contributed by atoms with E-state index in [2.05, 4.69) is 16.0 Å². The van der Waals surface area contributed by atoms with E-state index < -0.39 is 11.6 Å². The summed E-state index contributed by atoms with van der Waals surface area (Å²) < 4.78 is 34.8. The molecule has 3 heterocycles. The van der Waals surface area contributed by atoms with Gasteiger partial charge in [-0.2, -0.15) is 10.4 Å². The minimum atomic E-state index is -0.676. The maximum absolute atomic E-state index is 14.0. The maximum atomic E-state index is 14.0. The highest BCUT2D eigenvalue weighted by Crippen LogP contribution is 2.34. The Morgan fingerprint density at radius 2 is 1.95 bits per heavy atom. The molecule has 0 bridgehead atoms. The lowest BCUT2D eigenvalue weighted by Gasteiger charge is -2.24. The van der Waals surface area contributed by atoms with Gasteiger partial charge in [-0.25, -0.2) is 23.4 Å². The van der Waals surface area contributed by atoms with Crippen molar-refractivity contribution >= 4 is 22.8 Å². The molecule has 11 heteroatoms. The number of carbonyl (C=O) groups excluding carboxylic acids is 1. The molecule has 2 aliphatic rings. The van der Waals surface area contributed by atoms with Crippen molar-refractivity contribution in [2.24, 2.45) is 5.92 Å². The molecule has 1 aliphatic heterocycles. The number of likely N-dealkylation sites (tertiary alicyclic amines) is 1. The summed E-state index contributed by atoms with van der Waals surface area (Å²) in [6.45, 7) is 0.949. The molecule has 2 aromatic carbocycles. The summed E-state index contributed by atoms with van der Waals surface area (Å²) in [5.74, 6) is -0.854. The van der Waals surface area contributed by atoms with E-state index in [-0.39, 0.29) is 29.1 Å². The second-order valence-electron chi connectivity index (χ2n) is 10.0. The summed E-state index contributed by atoms with van der Waals surface area (Å²) >= 11 is 0. The number of ether oxygens (including phenoxy) is 1. The zero-order valence-corrected chi connectivity index (χ0v) is 21.4. The quantitative estimate of drug-likeness (QED) is 0.258. The van der Waals surface area contributed by atoms with Crippen LogP contribution >= 0.6 is 0 Å². The van der Waals surface area contributed by atoms with Gasteiger partial charge in [0, 0.05) is 18.2 Å². The smallest absolute Gasteiger partial charge is 0.264 e. The second kappa shape index (κ2) is 10.4. The van der Waals surface area contributed by atoms with Crippen LogP contribution < -0.4 is 10.5 Å². The van der Waals surface area contributed by atoms with E-state index in [1.54, 1.807) is 39.9 Å². The number of halogens is 2. The van der Waals surface area contributed by atoms with Gasteiger partial charge in [-0.1, -0.05) is 6.08 Å². The summed E-state index contributed by atoms with van der Waals surface area (Å²) in [6, 6.07) is 11.6. The minimum Gasteiger partial charge on any atom is -0.454 e. The van der Waals surface area contributed by atoms with Gasteiger partial charge in [0.25, 0.3) is 5.91 Å². The Hall–Kier alpha value is -4.85. The number of allylic oxidation sites excluding steroid dienone is 1. The van der Waals surface area contributed by atoms with Gasteiger partial charge in [0.15, 0.2) is 17.2 Å². The van der Waals surface area contributed by atoms with Gasteiger partial charge in [-0.05, 0) is 68.0 Å². The first-order valence-corrected chi connectivity index (χ1v) is 13.0. The van der Waals surface area contributed by atoms with Crippen molar-refractivity contribution in [3.63, 3.8) is 0 Å². The van der Waals surface area contributed by atoms with Crippen LogP contribution in [0.1, 0.15) is 25.7 Å². The number of nitrogens with two attached hydrogens (primary N) is 1. The highest BCUT2D eigenvalue weighted by Gasteiger charge is 2.33. The number of rotatable bonds is 7. The van der Waals surface area contributed by atoms with Crippen LogP contribution in [0.3, 0.4) is 0 Å². The molecule has 202 valence electrons. The van der Waals surface area contributed by atoms with Gasteiger partial charge in [0.1, 0.15) is 41.0 Å². The molecule has 2 N–H and O–H groups in total. The second-order valence-corrected chi connectivity index (χ2v) is 10.0. The number of nitrogens with zero attached hydrogens (tertiary/aromatic N) is 6. The molecule has 0 spiro atoms. The predicted molar refractivity (Wildman–Crippen MR) is 143 cm³/mol. The van der Waals surface area contributed by atoms with Gasteiger partial charge < -0.3 is 15.4 Å². The third kappa shape index (κ3) is 4.96. The van der Waals surface area contributed by atoms with Crippen LogP contribution in [0, 0.1) is 28.9 Å². The van der Waals surface area contributed by atoms with Crippen LogP contribution in [-0.4, -0.2) is 43.1 Å². The highest BCUT2D eigenvalue weighted by atomic mass is 19.1. The summed E-state index contributed by atoms with van der Waals surface area (Å²) in [6.07, 6.45) is 6.79. The molecular weight excluding hydrogens is 516 g/mol. The van der Waals surface area contributed by atoms with Crippen molar-refractivity contribution in [3.8, 4) is 28.8 Å². The number of benzene rings is 2. The van der Waals surface area contributed by atoms with Gasteiger partial charge in [0.05, 0.1) is 18.0 Å². The summed E-state index contributed by atoms with van der Waals surface area (Å²) in [7, 11) is 0. The van der Waals surface area contributed by atoms with Crippen molar-refractivity contribution < 1.29 is 18.3 Å². The molecule has 2 aromatic heterocycles. The first-order valence-electron chi connectivity index (χ1n) is 13.0. The summed E-state index contributed by atoms with van der Waals surface area (Å²) in [5.41, 5.74) is 8.21. The van der Waals surface area contributed by atoms with Gasteiger partial charge in [0.2, 0.25) is 0 Å². The van der Waals surface area contributed by atoms with Crippen molar-refractivity contribution in [1.82, 2.24) is 24.6 Å². The van der Waals surface area contributed by atoms with E-state index in [0.29, 0.717) is 47.0 Å². The Morgan fingerprint density at radius 1 is 1.15 bits per heavy atom. The van der Waals surface area contributed by atoms with E-state index in [0.717, 1.165) is 43.9 Å². The number of nitriles is 1. The normalized spacial score (nSPS) is 17.3. The molecule has 1 saturated heterocycles. The molecule has 0 radical (unpaired) electrons. The Morgan fingerprint density at radius 3 is 2.70 bits per heavy atom. The average Bonchev–Trinajstić information content (AvgIpc) is 3.53. The topological polar surface area (TPSA) is 123 Å². The maximum Gasteiger partial charge on any atom is 0.264 e. The van der Waals surface area contributed by atoms with Crippen molar-refractivity contribution in [2.45, 2.75) is 38.3 Å². The number of hydrogen-bond donors (Lipinski definition) is 1. The standard InChI is InChI=1S/C29H25F2N7O2/c30-20-7-10-23(31)24(13-20)40-22-8-5-18(6-9-22)26-25-27(33)34-16-35-28(25)38(36-26)15-21-2-1-11-37(21)29(39)19(14-32)12-17-3-4-17/h5-10,12-13,16-17,21H,1-4,11,15H2,(H2,33,34,35)/t21-/m1/s1. The monoisotopic (exact) mass is 541 g/mol. The van der Waals surface area contributed by atoms with Gasteiger partial charge >= 0.3 is 0 Å². The Balaban J connectivity index is 1.28. The molecule has 1 atom stereocenters. The Labute approximate surface area is 228 Å². The molecule has 2 fully saturated rings. The number of fused-ring (bicyclic) bond motifs is 1. The number of nitrogen functional groups attached to an aromatic ring is 1. The number of amides is 1. The molecule has 6 rings (SSSR count). The number of aromatic nitrogens is 4. The van der Waals surface area contributed by atoms with Crippen molar-refractivity contribution in [2.75, 3.05) is 12.3 Å². The first-order chi connectivity index (χ1) is 19.4. The SMILES string of the molecule is N#CC(=CC1CC1)C(=O)N1CCC[C@@H]1Cn1nc(-c2ccc(Oc3cc(F)ccc3F)cc2)c2c(N)ncnc21. The predicted octanol–water partition coefficient (Wildman–Crippen LogP) is 5.00. The molecule has 9 nitrogen and oxygen atoms in total. The molecule has 1 saturated carbocycles. The van der Waals surface area contributed by atoms with E-state index in [4.69, 9.17) is 15.6 Å². The summed E-state index contributed by atoms with van der Waals surface area (Å²) in [4.78, 5) is 23.5. The average molecular weight is 542 g/mol.